The molecule has 0 saturated carbocycles. The number of benzene rings is 1. The second-order valence-electron chi connectivity index (χ2n) is 5.14. The standard InChI is InChI=1S/C17H25N3O/c1-4-18-15(13-17-19-9-10-20(17)5-2)11-14-7-6-8-16(12-14)21-3/h6-10,12,15,18H,4-5,11,13H2,1-3H3. The quantitative estimate of drug-likeness (QED) is 0.811. The van der Waals surface area contributed by atoms with Gasteiger partial charge < -0.3 is 14.6 Å². The normalized spacial score (nSPS) is 12.3. The lowest BCUT2D eigenvalue weighted by Gasteiger charge is -2.18. The van der Waals surface area contributed by atoms with Gasteiger partial charge in [-0.3, -0.25) is 0 Å². The van der Waals surface area contributed by atoms with Crippen molar-refractivity contribution in [2.24, 2.45) is 0 Å². The summed E-state index contributed by atoms with van der Waals surface area (Å²) in [7, 11) is 1.71. The van der Waals surface area contributed by atoms with Gasteiger partial charge in [-0.25, -0.2) is 4.98 Å². The van der Waals surface area contributed by atoms with Crippen LogP contribution in [0.1, 0.15) is 25.2 Å². The first-order valence-electron chi connectivity index (χ1n) is 7.63. The lowest BCUT2D eigenvalue weighted by molar-refractivity contribution is 0.413. The van der Waals surface area contributed by atoms with Crippen LogP contribution in [0, 0.1) is 0 Å². The molecule has 114 valence electrons. The molecule has 0 radical (unpaired) electrons. The van der Waals surface area contributed by atoms with Crippen molar-refractivity contribution in [3.63, 3.8) is 0 Å². The van der Waals surface area contributed by atoms with Crippen LogP contribution in [-0.2, 0) is 19.4 Å². The second kappa shape index (κ2) is 7.84. The van der Waals surface area contributed by atoms with Crippen molar-refractivity contribution in [3.05, 3.63) is 48.0 Å². The van der Waals surface area contributed by atoms with E-state index >= 15 is 0 Å². The summed E-state index contributed by atoms with van der Waals surface area (Å²) in [5.74, 6) is 2.06. The minimum Gasteiger partial charge on any atom is -0.497 e. The molecule has 0 aliphatic rings. The van der Waals surface area contributed by atoms with E-state index in [0.29, 0.717) is 6.04 Å². The van der Waals surface area contributed by atoms with Gasteiger partial charge in [-0.2, -0.15) is 0 Å². The molecule has 2 rings (SSSR count). The van der Waals surface area contributed by atoms with E-state index in [2.05, 4.69) is 40.8 Å². The highest BCUT2D eigenvalue weighted by Gasteiger charge is 2.13. The van der Waals surface area contributed by atoms with E-state index in [0.717, 1.165) is 37.5 Å². The van der Waals surface area contributed by atoms with Crippen molar-refractivity contribution in [2.75, 3.05) is 13.7 Å². The maximum absolute atomic E-state index is 5.30. The van der Waals surface area contributed by atoms with Gasteiger partial charge in [-0.05, 0) is 37.6 Å². The number of rotatable bonds is 8. The van der Waals surface area contributed by atoms with Gasteiger partial charge in [0.25, 0.3) is 0 Å². The number of methoxy groups -OCH3 is 1. The van der Waals surface area contributed by atoms with E-state index in [9.17, 15) is 0 Å². The zero-order chi connectivity index (χ0) is 15.1. The van der Waals surface area contributed by atoms with Crippen molar-refractivity contribution in [1.82, 2.24) is 14.9 Å². The minimum atomic E-state index is 0.384. The number of nitrogens with zero attached hydrogens (tertiary/aromatic N) is 2. The summed E-state index contributed by atoms with van der Waals surface area (Å²) in [5.41, 5.74) is 1.29. The second-order valence-corrected chi connectivity index (χ2v) is 5.14. The predicted octanol–water partition coefficient (Wildman–Crippen LogP) is 2.67. The van der Waals surface area contributed by atoms with Crippen molar-refractivity contribution >= 4 is 0 Å². The average molecular weight is 287 g/mol. The van der Waals surface area contributed by atoms with Gasteiger partial charge in [0, 0.05) is 31.4 Å². The van der Waals surface area contributed by atoms with Gasteiger partial charge >= 0.3 is 0 Å². The molecule has 1 atom stereocenters. The molecule has 1 aromatic carbocycles. The Bertz CT molecular complexity index is 550. The lowest BCUT2D eigenvalue weighted by Crippen LogP contribution is -2.34. The summed E-state index contributed by atoms with van der Waals surface area (Å²) in [5, 5.41) is 3.56. The van der Waals surface area contributed by atoms with Crippen LogP contribution in [0.4, 0.5) is 0 Å². The van der Waals surface area contributed by atoms with Gasteiger partial charge in [-0.1, -0.05) is 19.1 Å². The van der Waals surface area contributed by atoms with Crippen LogP contribution < -0.4 is 10.1 Å². The van der Waals surface area contributed by atoms with E-state index in [1.165, 1.54) is 5.56 Å². The molecule has 0 spiro atoms. The molecular weight excluding hydrogens is 262 g/mol. The van der Waals surface area contributed by atoms with Gasteiger partial charge in [0.1, 0.15) is 11.6 Å². The average Bonchev–Trinajstić information content (AvgIpc) is 2.95. The molecule has 0 aliphatic carbocycles. The van der Waals surface area contributed by atoms with E-state index < -0.39 is 0 Å². The summed E-state index contributed by atoms with van der Waals surface area (Å²) in [6.45, 7) is 6.22. The summed E-state index contributed by atoms with van der Waals surface area (Å²) >= 11 is 0. The van der Waals surface area contributed by atoms with Gasteiger partial charge in [0.05, 0.1) is 7.11 Å². The maximum Gasteiger partial charge on any atom is 0.119 e. The van der Waals surface area contributed by atoms with Crippen molar-refractivity contribution in [3.8, 4) is 5.75 Å². The van der Waals surface area contributed by atoms with Crippen molar-refractivity contribution in [1.29, 1.82) is 0 Å². The molecule has 4 heteroatoms. The molecule has 0 bridgehead atoms. The summed E-state index contributed by atoms with van der Waals surface area (Å²) < 4.78 is 7.51. The van der Waals surface area contributed by atoms with E-state index in [4.69, 9.17) is 4.74 Å². The SMILES string of the molecule is CCNC(Cc1cccc(OC)c1)Cc1nccn1CC. The van der Waals surface area contributed by atoms with E-state index in [1.807, 2.05) is 24.5 Å². The van der Waals surface area contributed by atoms with Crippen molar-refractivity contribution < 1.29 is 4.74 Å². The molecule has 0 amide bonds. The van der Waals surface area contributed by atoms with Crippen LogP contribution in [0.2, 0.25) is 0 Å². The molecule has 4 nitrogen and oxygen atoms in total. The monoisotopic (exact) mass is 287 g/mol. The third kappa shape index (κ3) is 4.33. The Morgan fingerprint density at radius 3 is 2.86 bits per heavy atom. The highest BCUT2D eigenvalue weighted by Crippen LogP contribution is 2.15. The fourth-order valence-corrected chi connectivity index (χ4v) is 2.63. The number of ether oxygens (including phenoxy) is 1. The van der Waals surface area contributed by atoms with E-state index in [-0.39, 0.29) is 0 Å². The van der Waals surface area contributed by atoms with Crippen LogP contribution in [0.15, 0.2) is 36.7 Å². The third-order valence-electron chi connectivity index (χ3n) is 3.68. The Morgan fingerprint density at radius 1 is 1.29 bits per heavy atom. The van der Waals surface area contributed by atoms with Gasteiger partial charge in [0.15, 0.2) is 0 Å². The fraction of sp³-hybridized carbons (Fsp3) is 0.471. The Kier molecular flexibility index (Phi) is 5.81. The number of imidazole rings is 1. The highest BCUT2D eigenvalue weighted by molar-refractivity contribution is 5.29. The van der Waals surface area contributed by atoms with Crippen LogP contribution in [0.5, 0.6) is 5.75 Å². The van der Waals surface area contributed by atoms with Gasteiger partial charge in [-0.15, -0.1) is 0 Å². The summed E-state index contributed by atoms with van der Waals surface area (Å²) in [4.78, 5) is 4.48. The molecule has 2 aromatic rings. The number of aromatic nitrogens is 2. The molecule has 21 heavy (non-hydrogen) atoms. The molecule has 0 saturated heterocycles. The molecule has 1 aromatic heterocycles. The number of aryl methyl sites for hydroxylation is 1. The Morgan fingerprint density at radius 2 is 2.14 bits per heavy atom. The molecular formula is C17H25N3O. The molecule has 0 fully saturated rings. The van der Waals surface area contributed by atoms with Crippen LogP contribution in [-0.4, -0.2) is 29.2 Å². The number of likely N-dealkylation sites (N-methyl/N-ethyl adjacent to an activating group) is 1. The Balaban J connectivity index is 2.07. The number of hydrogen-bond donors (Lipinski definition) is 1. The molecule has 1 heterocycles. The number of nitrogens with one attached hydrogen (secondary N) is 1. The third-order valence-corrected chi connectivity index (χ3v) is 3.68. The minimum absolute atomic E-state index is 0.384. The maximum atomic E-state index is 5.30. The molecule has 1 unspecified atom stereocenters. The van der Waals surface area contributed by atoms with E-state index in [1.54, 1.807) is 7.11 Å². The first kappa shape index (κ1) is 15.6. The highest BCUT2D eigenvalue weighted by atomic mass is 16.5. The topological polar surface area (TPSA) is 39.1 Å². The number of hydrogen-bond acceptors (Lipinski definition) is 3. The first-order valence-corrected chi connectivity index (χ1v) is 7.63. The van der Waals surface area contributed by atoms with Crippen molar-refractivity contribution in [2.45, 2.75) is 39.3 Å². The molecule has 1 N–H and O–H groups in total. The first-order chi connectivity index (χ1) is 10.3. The van der Waals surface area contributed by atoms with Crippen LogP contribution in [0.3, 0.4) is 0 Å². The van der Waals surface area contributed by atoms with Crippen LogP contribution in [0.25, 0.3) is 0 Å². The lowest BCUT2D eigenvalue weighted by atomic mass is 10.0. The predicted molar refractivity (Wildman–Crippen MR) is 85.8 cm³/mol. The largest absolute Gasteiger partial charge is 0.497 e. The zero-order valence-electron chi connectivity index (χ0n) is 13.2. The fourth-order valence-electron chi connectivity index (χ4n) is 2.63. The summed E-state index contributed by atoms with van der Waals surface area (Å²) in [6, 6.07) is 8.67. The Labute approximate surface area is 127 Å². The molecule has 0 aliphatic heterocycles. The zero-order valence-corrected chi connectivity index (χ0v) is 13.2. The summed E-state index contributed by atoms with van der Waals surface area (Å²) in [6.07, 6.45) is 5.84. The Hall–Kier alpha value is -1.81. The smallest absolute Gasteiger partial charge is 0.119 e. The van der Waals surface area contributed by atoms with Crippen LogP contribution >= 0.6 is 0 Å². The van der Waals surface area contributed by atoms with Gasteiger partial charge in [0.2, 0.25) is 0 Å².